The molecule has 0 aliphatic heterocycles. The van der Waals surface area contributed by atoms with Crippen molar-refractivity contribution in [2.75, 3.05) is 7.11 Å². The lowest BCUT2D eigenvalue weighted by Gasteiger charge is -1.63. The molecule has 0 heterocycles. The van der Waals surface area contributed by atoms with Gasteiger partial charge in [0.25, 0.3) is 0 Å². The van der Waals surface area contributed by atoms with Gasteiger partial charge < -0.3 is 5.11 Å². The molecule has 5 heteroatoms. The van der Waals surface area contributed by atoms with Crippen molar-refractivity contribution >= 4 is 50.5 Å². The molecule has 0 rings (SSSR count). The molecule has 0 saturated carbocycles. The molecule has 0 radical (unpaired) electrons. The van der Waals surface area contributed by atoms with Crippen molar-refractivity contribution in [3.8, 4) is 0 Å². The van der Waals surface area contributed by atoms with E-state index in [4.69, 9.17) is 5.11 Å². The number of rotatable bonds is 0. The minimum atomic E-state index is 0.271. The van der Waals surface area contributed by atoms with Crippen LogP contribution in [0.4, 0.5) is 0 Å². The Labute approximate surface area is 62.5 Å². The summed E-state index contributed by atoms with van der Waals surface area (Å²) in [5.74, 6) is 0. The second-order valence-electron chi connectivity index (χ2n) is 0.247. The van der Waals surface area contributed by atoms with E-state index in [0.717, 1.165) is 7.11 Å². The predicted octanol–water partition coefficient (Wildman–Crippen LogP) is 1.76. The van der Waals surface area contributed by atoms with Crippen molar-refractivity contribution in [3.63, 3.8) is 0 Å². The number of aliphatic hydroxyl groups is 1. The zero-order valence-corrected chi connectivity index (χ0v) is 7.92. The predicted molar refractivity (Wildman–Crippen MR) is 40.7 cm³/mol. The number of aliphatic hydroxyl groups excluding tert-OH is 1. The first kappa shape index (κ1) is 10.4. The summed E-state index contributed by atoms with van der Waals surface area (Å²) >= 11 is 9.31. The summed E-state index contributed by atoms with van der Waals surface area (Å²) in [4.78, 5) is 0. The summed E-state index contributed by atoms with van der Waals surface area (Å²) < 4.78 is 0.271. The molecule has 0 fully saturated rings. The van der Waals surface area contributed by atoms with Crippen molar-refractivity contribution < 1.29 is 5.11 Å². The van der Waals surface area contributed by atoms with Gasteiger partial charge in [0.2, 0.25) is 0 Å². The molecular formula is CH4BBr3O. The minimum absolute atomic E-state index is 0.271. The quantitative estimate of drug-likeness (QED) is 0.671. The average molecular weight is 283 g/mol. The molecule has 0 aliphatic carbocycles. The Bertz CT molecular complexity index is 15.5. The zero-order valence-electron chi connectivity index (χ0n) is 3.16. The van der Waals surface area contributed by atoms with Gasteiger partial charge in [-0.3, -0.25) is 0 Å². The fourth-order valence-corrected chi connectivity index (χ4v) is 0. The molecule has 0 unspecified atom stereocenters. The fraction of sp³-hybridized carbons (Fsp3) is 1.00. The van der Waals surface area contributed by atoms with Crippen LogP contribution in [0.25, 0.3) is 0 Å². The summed E-state index contributed by atoms with van der Waals surface area (Å²) in [6, 6.07) is 0. The van der Waals surface area contributed by atoms with Crippen LogP contribution in [0.5, 0.6) is 0 Å². The lowest BCUT2D eigenvalue weighted by molar-refractivity contribution is 0.399. The normalized spacial score (nSPS) is 5.50. The Hall–Kier alpha value is 1.46. The van der Waals surface area contributed by atoms with Gasteiger partial charge in [-0.2, -0.15) is 0 Å². The Morgan fingerprint density at radius 1 is 1.17 bits per heavy atom. The molecule has 1 N–H and O–H groups in total. The molecule has 6 heavy (non-hydrogen) atoms. The maximum Gasteiger partial charge on any atom is 0.369 e. The molecule has 0 spiro atoms. The maximum absolute atomic E-state index is 7.00. The lowest BCUT2D eigenvalue weighted by Crippen LogP contribution is -1.60. The van der Waals surface area contributed by atoms with Gasteiger partial charge in [-0.1, -0.05) is 0 Å². The van der Waals surface area contributed by atoms with Gasteiger partial charge in [0, 0.05) is 7.11 Å². The monoisotopic (exact) mass is 280 g/mol. The highest BCUT2D eigenvalue weighted by atomic mass is 79.9. The first-order valence-corrected chi connectivity index (χ1v) is 3.85. The molecule has 0 aromatic heterocycles. The standard InChI is InChI=1S/CH4O.BBr3/c1-2;2-1(3)4/h2H,1H3;. The molecule has 0 aromatic rings. The average Bonchev–Trinajstić information content (AvgIpc) is 1.41. The van der Waals surface area contributed by atoms with Crippen LogP contribution in [0.15, 0.2) is 0 Å². The van der Waals surface area contributed by atoms with Crippen LogP contribution in [0.3, 0.4) is 0 Å². The van der Waals surface area contributed by atoms with Crippen molar-refractivity contribution in [1.29, 1.82) is 0 Å². The number of halogens is 3. The smallest absolute Gasteiger partial charge is 0.369 e. The third kappa shape index (κ3) is 50.8. The Morgan fingerprint density at radius 2 is 1.17 bits per heavy atom. The second kappa shape index (κ2) is 9.69. The molecule has 0 saturated heterocycles. The van der Waals surface area contributed by atoms with E-state index in [1.54, 1.807) is 0 Å². The summed E-state index contributed by atoms with van der Waals surface area (Å²) in [7, 11) is 1.00. The molecular weight excluding hydrogens is 279 g/mol. The Morgan fingerprint density at radius 3 is 1.17 bits per heavy atom. The topological polar surface area (TPSA) is 20.2 Å². The van der Waals surface area contributed by atoms with E-state index in [1.807, 2.05) is 0 Å². The van der Waals surface area contributed by atoms with Gasteiger partial charge in [0.1, 0.15) is 0 Å². The van der Waals surface area contributed by atoms with E-state index in [0.29, 0.717) is 0 Å². The lowest BCUT2D eigenvalue weighted by atomic mass is 10.8. The van der Waals surface area contributed by atoms with Crippen LogP contribution >= 0.6 is 47.3 Å². The van der Waals surface area contributed by atoms with Crippen LogP contribution in [0.2, 0.25) is 0 Å². The van der Waals surface area contributed by atoms with Gasteiger partial charge >= 0.3 is 3.18 Å². The SMILES string of the molecule is BrB(Br)Br.CO. The second-order valence-corrected chi connectivity index (χ2v) is 6.68. The fourth-order valence-electron chi connectivity index (χ4n) is 0. The van der Waals surface area contributed by atoms with Gasteiger partial charge in [-0.15, -0.1) is 47.3 Å². The van der Waals surface area contributed by atoms with Crippen LogP contribution < -0.4 is 0 Å². The molecule has 0 aliphatic rings. The maximum atomic E-state index is 7.00. The van der Waals surface area contributed by atoms with Gasteiger partial charge in [0.15, 0.2) is 0 Å². The Kier molecular flexibility index (Phi) is 16.9. The van der Waals surface area contributed by atoms with E-state index in [1.165, 1.54) is 0 Å². The van der Waals surface area contributed by atoms with Crippen LogP contribution in [-0.4, -0.2) is 15.4 Å². The summed E-state index contributed by atoms with van der Waals surface area (Å²) in [6.07, 6.45) is 0. The van der Waals surface area contributed by atoms with Gasteiger partial charge in [0.05, 0.1) is 0 Å². The number of hydrogen-bond acceptors (Lipinski definition) is 1. The first-order valence-electron chi connectivity index (χ1n) is 1.10. The first-order chi connectivity index (χ1) is 2.73. The van der Waals surface area contributed by atoms with Crippen LogP contribution in [0.1, 0.15) is 0 Å². The third-order valence-electron chi connectivity index (χ3n) is 0. The number of hydrogen-bond donors (Lipinski definition) is 1. The van der Waals surface area contributed by atoms with Crippen LogP contribution in [-0.2, 0) is 0 Å². The van der Waals surface area contributed by atoms with E-state index in [-0.39, 0.29) is 3.18 Å². The van der Waals surface area contributed by atoms with Crippen LogP contribution in [0, 0.1) is 0 Å². The molecule has 1 nitrogen and oxygen atoms in total. The largest absolute Gasteiger partial charge is 0.400 e. The van der Waals surface area contributed by atoms with E-state index in [2.05, 4.69) is 47.3 Å². The highest BCUT2D eigenvalue weighted by Crippen LogP contribution is 2.07. The zero-order chi connectivity index (χ0) is 5.58. The van der Waals surface area contributed by atoms with Crippen molar-refractivity contribution in [3.05, 3.63) is 0 Å². The molecule has 38 valence electrons. The van der Waals surface area contributed by atoms with E-state index >= 15 is 0 Å². The van der Waals surface area contributed by atoms with Crippen molar-refractivity contribution in [2.45, 2.75) is 0 Å². The highest BCUT2D eigenvalue weighted by Gasteiger charge is 1.87. The van der Waals surface area contributed by atoms with Gasteiger partial charge in [-0.25, -0.2) is 0 Å². The molecule has 0 atom stereocenters. The Balaban J connectivity index is 0. The van der Waals surface area contributed by atoms with E-state index in [9.17, 15) is 0 Å². The highest BCUT2D eigenvalue weighted by molar-refractivity contribution is 9.69. The van der Waals surface area contributed by atoms with E-state index < -0.39 is 0 Å². The van der Waals surface area contributed by atoms with Crippen molar-refractivity contribution in [1.82, 2.24) is 0 Å². The molecule has 0 aromatic carbocycles. The molecule has 0 amide bonds. The summed E-state index contributed by atoms with van der Waals surface area (Å²) in [5.41, 5.74) is 0. The third-order valence-corrected chi connectivity index (χ3v) is 0. The molecule has 0 bridgehead atoms. The van der Waals surface area contributed by atoms with Gasteiger partial charge in [-0.05, 0) is 0 Å². The van der Waals surface area contributed by atoms with Crippen molar-refractivity contribution in [2.24, 2.45) is 0 Å². The summed E-state index contributed by atoms with van der Waals surface area (Å²) in [5, 5.41) is 7.00. The summed E-state index contributed by atoms with van der Waals surface area (Å²) in [6.45, 7) is 0. The minimum Gasteiger partial charge on any atom is -0.400 e.